The second-order valence-corrected chi connectivity index (χ2v) is 8.75. The molecule has 0 bridgehead atoms. The summed E-state index contributed by atoms with van der Waals surface area (Å²) in [4.78, 5) is 9.00. The molecule has 0 saturated heterocycles. The summed E-state index contributed by atoms with van der Waals surface area (Å²) in [6.07, 6.45) is 1.22. The lowest BCUT2D eigenvalue weighted by atomic mass is 10.2. The summed E-state index contributed by atoms with van der Waals surface area (Å²) >= 11 is 7.31. The van der Waals surface area contributed by atoms with Crippen LogP contribution in [0.25, 0.3) is 10.2 Å². The maximum Gasteiger partial charge on any atom is 0.225 e. The van der Waals surface area contributed by atoms with Gasteiger partial charge >= 0.3 is 0 Å². The maximum atomic E-state index is 11.7. The first-order chi connectivity index (χ1) is 8.71. The molecule has 0 aliphatic carbocycles. The number of hydrogen-bond acceptors (Lipinski definition) is 6. The Morgan fingerprint density at radius 2 is 2.11 bits per heavy atom. The van der Waals surface area contributed by atoms with Gasteiger partial charge in [0.25, 0.3) is 0 Å². The number of hydrogen-bond donors (Lipinski definition) is 1. The van der Waals surface area contributed by atoms with Gasteiger partial charge in [0.1, 0.15) is 10.6 Å². The molecule has 2 heterocycles. The van der Waals surface area contributed by atoms with Crippen molar-refractivity contribution in [2.24, 2.45) is 0 Å². The molecule has 1 N–H and O–H groups in total. The molecular formula is C11H14ClN3O2S2. The number of thiophene rings is 1. The number of rotatable bonds is 4. The summed E-state index contributed by atoms with van der Waals surface area (Å²) in [6, 6.07) is 1.88. The molecule has 0 fully saturated rings. The molecule has 0 aliphatic rings. The predicted molar refractivity (Wildman–Crippen MR) is 79.8 cm³/mol. The SMILES string of the molecule is CC(C)(CNc1nc(Cl)nc2sccc12)S(C)(=O)=O. The number of nitrogens with one attached hydrogen (secondary N) is 1. The van der Waals surface area contributed by atoms with Crippen LogP contribution in [0.4, 0.5) is 5.82 Å². The van der Waals surface area contributed by atoms with Crippen molar-refractivity contribution in [1.82, 2.24) is 9.97 Å². The molecule has 2 rings (SSSR count). The molecule has 0 radical (unpaired) electrons. The molecule has 0 unspecified atom stereocenters. The van der Waals surface area contributed by atoms with E-state index >= 15 is 0 Å². The van der Waals surface area contributed by atoms with Crippen LogP contribution in [-0.2, 0) is 9.84 Å². The number of halogens is 1. The smallest absolute Gasteiger partial charge is 0.225 e. The van der Waals surface area contributed by atoms with Gasteiger partial charge in [-0.3, -0.25) is 0 Å². The standard InChI is InChI=1S/C11H14ClN3O2S2/c1-11(2,19(3,16)17)6-13-8-7-4-5-18-9(7)15-10(12)14-8/h4-5H,6H2,1-3H3,(H,13,14,15). The third-order valence-electron chi connectivity index (χ3n) is 2.98. The maximum absolute atomic E-state index is 11.7. The minimum Gasteiger partial charge on any atom is -0.368 e. The minimum atomic E-state index is -3.16. The van der Waals surface area contributed by atoms with Gasteiger partial charge < -0.3 is 5.32 Å². The van der Waals surface area contributed by atoms with Gasteiger partial charge in [-0.1, -0.05) is 0 Å². The molecule has 104 valence electrons. The van der Waals surface area contributed by atoms with E-state index in [0.717, 1.165) is 10.2 Å². The molecule has 0 aromatic carbocycles. The largest absolute Gasteiger partial charge is 0.368 e. The molecule has 0 spiro atoms. The highest BCUT2D eigenvalue weighted by Crippen LogP contribution is 2.27. The molecule has 8 heteroatoms. The van der Waals surface area contributed by atoms with E-state index in [9.17, 15) is 8.42 Å². The van der Waals surface area contributed by atoms with Crippen LogP contribution in [-0.4, -0.2) is 35.9 Å². The topological polar surface area (TPSA) is 72.0 Å². The van der Waals surface area contributed by atoms with Crippen molar-refractivity contribution >= 4 is 48.8 Å². The predicted octanol–water partition coefficient (Wildman–Crippen LogP) is 2.58. The monoisotopic (exact) mass is 319 g/mol. The van der Waals surface area contributed by atoms with Gasteiger partial charge in [0.15, 0.2) is 9.84 Å². The van der Waals surface area contributed by atoms with Crippen molar-refractivity contribution in [3.05, 3.63) is 16.7 Å². The third kappa shape index (κ3) is 2.98. The Bertz CT molecular complexity index is 710. The summed E-state index contributed by atoms with van der Waals surface area (Å²) in [5.74, 6) is 0.563. The van der Waals surface area contributed by atoms with Crippen LogP contribution < -0.4 is 5.32 Å². The Morgan fingerprint density at radius 1 is 1.42 bits per heavy atom. The zero-order valence-corrected chi connectivity index (χ0v) is 13.2. The molecule has 0 aliphatic heterocycles. The van der Waals surface area contributed by atoms with E-state index in [0.29, 0.717) is 5.82 Å². The summed E-state index contributed by atoms with van der Waals surface area (Å²) in [5.41, 5.74) is 0. The van der Waals surface area contributed by atoms with Crippen LogP contribution >= 0.6 is 22.9 Å². The van der Waals surface area contributed by atoms with Crippen LogP contribution in [0.3, 0.4) is 0 Å². The van der Waals surface area contributed by atoms with Crippen LogP contribution in [0.15, 0.2) is 11.4 Å². The van der Waals surface area contributed by atoms with Gasteiger partial charge in [-0.15, -0.1) is 11.3 Å². The fourth-order valence-corrected chi connectivity index (χ4v) is 2.71. The lowest BCUT2D eigenvalue weighted by molar-refractivity contribution is 0.559. The van der Waals surface area contributed by atoms with Crippen molar-refractivity contribution in [3.8, 4) is 0 Å². The van der Waals surface area contributed by atoms with Crippen molar-refractivity contribution in [3.63, 3.8) is 0 Å². The summed E-state index contributed by atoms with van der Waals surface area (Å²) in [5, 5.41) is 5.94. The fraction of sp³-hybridized carbons (Fsp3) is 0.455. The number of anilines is 1. The van der Waals surface area contributed by atoms with Crippen LogP contribution in [0.1, 0.15) is 13.8 Å². The minimum absolute atomic E-state index is 0.148. The summed E-state index contributed by atoms with van der Waals surface area (Å²) in [6.45, 7) is 3.59. The first kappa shape index (κ1) is 14.5. The molecule has 0 saturated carbocycles. The Morgan fingerprint density at radius 3 is 2.74 bits per heavy atom. The molecule has 2 aromatic rings. The van der Waals surface area contributed by atoms with Crippen molar-refractivity contribution < 1.29 is 8.42 Å². The Balaban J connectivity index is 2.30. The average molecular weight is 320 g/mol. The number of sulfone groups is 1. The summed E-state index contributed by atoms with van der Waals surface area (Å²) in [7, 11) is -3.16. The molecule has 2 aromatic heterocycles. The van der Waals surface area contributed by atoms with Crippen LogP contribution in [0, 0.1) is 0 Å². The zero-order valence-electron chi connectivity index (χ0n) is 10.8. The Labute approximate surface area is 120 Å². The molecule has 0 amide bonds. The van der Waals surface area contributed by atoms with E-state index in [4.69, 9.17) is 11.6 Å². The van der Waals surface area contributed by atoms with Crippen LogP contribution in [0.2, 0.25) is 5.28 Å². The number of aromatic nitrogens is 2. The van der Waals surface area contributed by atoms with Crippen molar-refractivity contribution in [1.29, 1.82) is 0 Å². The van der Waals surface area contributed by atoms with E-state index in [1.165, 1.54) is 17.6 Å². The van der Waals surface area contributed by atoms with E-state index in [1.54, 1.807) is 13.8 Å². The van der Waals surface area contributed by atoms with E-state index < -0.39 is 14.6 Å². The highest BCUT2D eigenvalue weighted by Gasteiger charge is 2.30. The molecule has 19 heavy (non-hydrogen) atoms. The molecular weight excluding hydrogens is 306 g/mol. The lowest BCUT2D eigenvalue weighted by Crippen LogP contribution is -2.38. The normalized spacial score (nSPS) is 12.8. The van der Waals surface area contributed by atoms with Gasteiger partial charge in [-0.25, -0.2) is 18.4 Å². The highest BCUT2D eigenvalue weighted by molar-refractivity contribution is 7.92. The van der Waals surface area contributed by atoms with E-state index in [-0.39, 0.29) is 11.8 Å². The molecule has 0 atom stereocenters. The second kappa shape index (κ2) is 4.88. The quantitative estimate of drug-likeness (QED) is 0.877. The van der Waals surface area contributed by atoms with E-state index in [2.05, 4.69) is 15.3 Å². The second-order valence-electron chi connectivity index (χ2n) is 4.87. The third-order valence-corrected chi connectivity index (χ3v) is 6.11. The van der Waals surface area contributed by atoms with Gasteiger partial charge in [-0.05, 0) is 36.9 Å². The Kier molecular flexibility index (Phi) is 3.72. The van der Waals surface area contributed by atoms with E-state index in [1.807, 2.05) is 11.4 Å². The average Bonchev–Trinajstić information content (AvgIpc) is 2.72. The number of nitrogens with zero attached hydrogens (tertiary/aromatic N) is 2. The van der Waals surface area contributed by atoms with Crippen molar-refractivity contribution in [2.45, 2.75) is 18.6 Å². The van der Waals surface area contributed by atoms with Crippen molar-refractivity contribution in [2.75, 3.05) is 18.1 Å². The zero-order chi connectivity index (χ0) is 14.3. The highest BCUT2D eigenvalue weighted by atomic mass is 35.5. The van der Waals surface area contributed by atoms with Crippen LogP contribution in [0.5, 0.6) is 0 Å². The first-order valence-corrected chi connectivity index (χ1v) is 8.70. The van der Waals surface area contributed by atoms with Gasteiger partial charge in [-0.2, -0.15) is 0 Å². The van der Waals surface area contributed by atoms with Gasteiger partial charge in [0.05, 0.1) is 10.1 Å². The lowest BCUT2D eigenvalue weighted by Gasteiger charge is -2.23. The first-order valence-electron chi connectivity index (χ1n) is 5.55. The fourth-order valence-electron chi connectivity index (χ4n) is 1.39. The van der Waals surface area contributed by atoms with Gasteiger partial charge in [0.2, 0.25) is 5.28 Å². The molecule has 5 nitrogen and oxygen atoms in total. The van der Waals surface area contributed by atoms with Gasteiger partial charge in [0, 0.05) is 12.8 Å². The summed E-state index contributed by atoms with van der Waals surface area (Å²) < 4.78 is 22.4. The Hall–Kier alpha value is -0.920. The number of fused-ring (bicyclic) bond motifs is 1.